The Kier molecular flexibility index (Phi) is 4.24. The summed E-state index contributed by atoms with van der Waals surface area (Å²) in [5.74, 6) is 5.70. The van der Waals surface area contributed by atoms with Crippen molar-refractivity contribution >= 4 is 11.5 Å². The molecule has 1 heterocycles. The molecule has 1 atom stereocenters. The molecule has 2 rings (SSSR count). The van der Waals surface area contributed by atoms with Gasteiger partial charge < -0.3 is 0 Å². The molecule has 0 aliphatic carbocycles. The summed E-state index contributed by atoms with van der Waals surface area (Å²) < 4.78 is 17.2. The number of benzene rings is 1. The number of hydrogen-bond donors (Lipinski definition) is 2. The van der Waals surface area contributed by atoms with E-state index in [1.54, 1.807) is 6.07 Å². The van der Waals surface area contributed by atoms with Gasteiger partial charge in [-0.2, -0.15) is 0 Å². The second-order valence-electron chi connectivity index (χ2n) is 4.78. The van der Waals surface area contributed by atoms with Crippen LogP contribution >= 0.6 is 11.5 Å². The number of nitrogens with zero attached hydrogens (tertiary/aromatic N) is 2. The number of nitrogens with two attached hydrogens (primary N) is 1. The molecule has 1 unspecified atom stereocenters. The summed E-state index contributed by atoms with van der Waals surface area (Å²) in [6.07, 6.45) is 0. The molecular formula is C13H17FN4S. The minimum Gasteiger partial charge on any atom is -0.271 e. The number of aromatic nitrogens is 2. The lowest BCUT2D eigenvalue weighted by Gasteiger charge is -2.18. The molecule has 4 nitrogen and oxygen atoms in total. The Morgan fingerprint density at radius 2 is 2.11 bits per heavy atom. The van der Waals surface area contributed by atoms with E-state index < -0.39 is 0 Å². The van der Waals surface area contributed by atoms with Crippen LogP contribution in [-0.4, -0.2) is 9.59 Å². The van der Waals surface area contributed by atoms with Crippen molar-refractivity contribution < 1.29 is 4.39 Å². The SMILES string of the molecule is Cc1cc(F)ccc1C(NN)c1snnc1C(C)C. The van der Waals surface area contributed by atoms with E-state index in [4.69, 9.17) is 5.84 Å². The van der Waals surface area contributed by atoms with Crippen molar-refractivity contribution in [1.82, 2.24) is 15.0 Å². The summed E-state index contributed by atoms with van der Waals surface area (Å²) in [4.78, 5) is 0.979. The third-order valence-electron chi connectivity index (χ3n) is 3.06. The van der Waals surface area contributed by atoms with E-state index in [9.17, 15) is 4.39 Å². The van der Waals surface area contributed by atoms with Gasteiger partial charge in [0.1, 0.15) is 5.82 Å². The van der Waals surface area contributed by atoms with Crippen molar-refractivity contribution in [2.75, 3.05) is 0 Å². The summed E-state index contributed by atoms with van der Waals surface area (Å²) >= 11 is 1.32. The van der Waals surface area contributed by atoms with Crippen LogP contribution in [0.15, 0.2) is 18.2 Å². The van der Waals surface area contributed by atoms with Crippen molar-refractivity contribution in [3.63, 3.8) is 0 Å². The molecule has 3 N–H and O–H groups in total. The lowest BCUT2D eigenvalue weighted by atomic mass is 9.97. The Labute approximate surface area is 116 Å². The number of hydrazine groups is 1. The van der Waals surface area contributed by atoms with E-state index in [1.807, 2.05) is 6.92 Å². The molecule has 19 heavy (non-hydrogen) atoms. The summed E-state index contributed by atoms with van der Waals surface area (Å²) in [7, 11) is 0. The monoisotopic (exact) mass is 280 g/mol. The lowest BCUT2D eigenvalue weighted by molar-refractivity contribution is 0.610. The molecule has 2 aromatic rings. The highest BCUT2D eigenvalue weighted by Crippen LogP contribution is 2.31. The van der Waals surface area contributed by atoms with Gasteiger partial charge in [-0.25, -0.2) is 9.82 Å². The second kappa shape index (κ2) is 5.73. The highest BCUT2D eigenvalue weighted by Gasteiger charge is 2.23. The fourth-order valence-corrected chi connectivity index (χ4v) is 2.96. The quantitative estimate of drug-likeness (QED) is 0.667. The maximum atomic E-state index is 13.2. The normalized spacial score (nSPS) is 12.9. The first-order valence-corrected chi connectivity index (χ1v) is 6.86. The second-order valence-corrected chi connectivity index (χ2v) is 5.56. The van der Waals surface area contributed by atoms with Crippen LogP contribution in [0.25, 0.3) is 0 Å². The maximum absolute atomic E-state index is 13.2. The maximum Gasteiger partial charge on any atom is 0.123 e. The number of hydrogen-bond acceptors (Lipinski definition) is 5. The Bertz CT molecular complexity index is 568. The summed E-state index contributed by atoms with van der Waals surface area (Å²) in [6.45, 7) is 5.99. The van der Waals surface area contributed by atoms with Gasteiger partial charge in [-0.1, -0.05) is 24.4 Å². The van der Waals surface area contributed by atoms with Gasteiger partial charge in [0.05, 0.1) is 16.6 Å². The minimum atomic E-state index is -0.247. The summed E-state index contributed by atoms with van der Waals surface area (Å²) in [5.41, 5.74) is 5.51. The van der Waals surface area contributed by atoms with Gasteiger partial charge >= 0.3 is 0 Å². The lowest BCUT2D eigenvalue weighted by Crippen LogP contribution is -2.29. The standard InChI is InChI=1S/C13H17FN4S/c1-7(2)11-13(19-18-17-11)12(16-15)10-5-4-9(14)6-8(10)3/h4-7,12,16H,15H2,1-3H3. The first-order valence-electron chi connectivity index (χ1n) is 6.09. The van der Waals surface area contributed by atoms with Crippen LogP contribution in [0.3, 0.4) is 0 Å². The van der Waals surface area contributed by atoms with Gasteiger partial charge in [0.2, 0.25) is 0 Å². The Balaban J connectivity index is 2.47. The van der Waals surface area contributed by atoms with E-state index in [-0.39, 0.29) is 17.8 Å². The third-order valence-corrected chi connectivity index (χ3v) is 3.86. The molecule has 0 fully saturated rings. The van der Waals surface area contributed by atoms with Crippen LogP contribution < -0.4 is 11.3 Å². The molecule has 1 aromatic heterocycles. The first-order chi connectivity index (χ1) is 9.04. The Morgan fingerprint density at radius 1 is 1.37 bits per heavy atom. The van der Waals surface area contributed by atoms with E-state index >= 15 is 0 Å². The average molecular weight is 280 g/mol. The van der Waals surface area contributed by atoms with Crippen molar-refractivity contribution in [3.8, 4) is 0 Å². The molecule has 0 spiro atoms. The fraction of sp³-hybridized carbons (Fsp3) is 0.385. The highest BCUT2D eigenvalue weighted by molar-refractivity contribution is 7.05. The molecule has 1 aromatic carbocycles. The number of aryl methyl sites for hydroxylation is 1. The molecular weight excluding hydrogens is 263 g/mol. The molecule has 6 heteroatoms. The molecule has 0 bridgehead atoms. The largest absolute Gasteiger partial charge is 0.271 e. The number of nitrogens with one attached hydrogen (secondary N) is 1. The topological polar surface area (TPSA) is 63.8 Å². The summed E-state index contributed by atoms with van der Waals surface area (Å²) in [6, 6.07) is 4.48. The number of rotatable bonds is 4. The van der Waals surface area contributed by atoms with Crippen molar-refractivity contribution in [3.05, 3.63) is 45.7 Å². The first kappa shape index (κ1) is 14.0. The minimum absolute atomic E-state index is 0.210. The number of halogens is 1. The van der Waals surface area contributed by atoms with E-state index in [1.165, 1.54) is 23.7 Å². The molecule has 0 amide bonds. The van der Waals surface area contributed by atoms with Gasteiger partial charge in [0.15, 0.2) is 0 Å². The fourth-order valence-electron chi connectivity index (χ4n) is 2.07. The zero-order chi connectivity index (χ0) is 14.0. The van der Waals surface area contributed by atoms with Crippen LogP contribution in [-0.2, 0) is 0 Å². The Hall–Kier alpha value is -1.37. The molecule has 0 radical (unpaired) electrons. The molecule has 0 saturated heterocycles. The van der Waals surface area contributed by atoms with Gasteiger partial charge in [-0.15, -0.1) is 5.10 Å². The molecule has 0 saturated carbocycles. The summed E-state index contributed by atoms with van der Waals surface area (Å²) in [5, 5.41) is 4.16. The van der Waals surface area contributed by atoms with Crippen molar-refractivity contribution in [1.29, 1.82) is 0 Å². The van der Waals surface area contributed by atoms with Crippen molar-refractivity contribution in [2.45, 2.75) is 32.7 Å². The smallest absolute Gasteiger partial charge is 0.123 e. The molecule has 102 valence electrons. The van der Waals surface area contributed by atoms with Crippen LogP contribution in [0, 0.1) is 12.7 Å². The molecule has 0 aliphatic rings. The molecule has 0 aliphatic heterocycles. The van der Waals surface area contributed by atoms with Crippen LogP contribution in [0.4, 0.5) is 4.39 Å². The van der Waals surface area contributed by atoms with Crippen LogP contribution in [0.1, 0.15) is 47.5 Å². The van der Waals surface area contributed by atoms with Gasteiger partial charge in [0, 0.05) is 0 Å². The van der Waals surface area contributed by atoms with Gasteiger partial charge in [-0.3, -0.25) is 5.84 Å². The predicted molar refractivity (Wildman–Crippen MR) is 74.3 cm³/mol. The van der Waals surface area contributed by atoms with Crippen molar-refractivity contribution in [2.24, 2.45) is 5.84 Å². The van der Waals surface area contributed by atoms with Gasteiger partial charge in [-0.05, 0) is 47.6 Å². The zero-order valence-corrected chi connectivity index (χ0v) is 12.0. The van der Waals surface area contributed by atoms with E-state index in [2.05, 4.69) is 28.9 Å². The van der Waals surface area contributed by atoms with E-state index in [0.29, 0.717) is 0 Å². The van der Waals surface area contributed by atoms with Crippen LogP contribution in [0.5, 0.6) is 0 Å². The highest BCUT2D eigenvalue weighted by atomic mass is 32.1. The van der Waals surface area contributed by atoms with E-state index in [0.717, 1.165) is 21.7 Å². The average Bonchev–Trinajstić information content (AvgIpc) is 2.82. The third kappa shape index (κ3) is 2.80. The van der Waals surface area contributed by atoms with Crippen LogP contribution in [0.2, 0.25) is 0 Å². The predicted octanol–water partition coefficient (Wildman–Crippen LogP) is 2.66. The van der Waals surface area contributed by atoms with Gasteiger partial charge in [0.25, 0.3) is 0 Å². The zero-order valence-electron chi connectivity index (χ0n) is 11.1. The Morgan fingerprint density at radius 3 is 2.68 bits per heavy atom.